The van der Waals surface area contributed by atoms with E-state index in [9.17, 15) is 9.59 Å². The third-order valence-electron chi connectivity index (χ3n) is 4.55. The molecule has 1 aromatic carbocycles. The zero-order valence-electron chi connectivity index (χ0n) is 15.0. The van der Waals surface area contributed by atoms with Gasteiger partial charge in [-0.25, -0.2) is 0 Å². The molecule has 1 aromatic heterocycles. The van der Waals surface area contributed by atoms with Gasteiger partial charge in [0.15, 0.2) is 0 Å². The number of benzene rings is 1. The summed E-state index contributed by atoms with van der Waals surface area (Å²) in [5.74, 6) is 0.352. The van der Waals surface area contributed by atoms with E-state index in [2.05, 4.69) is 20.9 Å². The average molecular weight is 411 g/mol. The molecule has 1 unspecified atom stereocenters. The number of aromatic nitrogens is 1. The Morgan fingerprint density at radius 1 is 1.11 bits per heavy atom. The van der Waals surface area contributed by atoms with Crippen LogP contribution in [0.2, 0.25) is 0 Å². The van der Waals surface area contributed by atoms with Gasteiger partial charge in [0, 0.05) is 36.1 Å². The fraction of sp³-hybridized carbons (Fsp3) is 0.316. The van der Waals surface area contributed by atoms with Gasteiger partial charge in [-0.3, -0.25) is 14.6 Å². The lowest BCUT2D eigenvalue weighted by atomic mass is 9.88. The number of anilines is 1. The summed E-state index contributed by atoms with van der Waals surface area (Å²) in [6.45, 7) is 4.26. The Bertz CT molecular complexity index is 737. The van der Waals surface area contributed by atoms with Gasteiger partial charge in [0.1, 0.15) is 0 Å². The lowest BCUT2D eigenvalue weighted by Crippen LogP contribution is -2.49. The maximum Gasteiger partial charge on any atom is 0.255 e. The summed E-state index contributed by atoms with van der Waals surface area (Å²) >= 11 is 0. The Morgan fingerprint density at radius 2 is 1.74 bits per heavy atom. The van der Waals surface area contributed by atoms with E-state index in [4.69, 9.17) is 0 Å². The van der Waals surface area contributed by atoms with Crippen LogP contribution in [0.15, 0.2) is 48.8 Å². The highest BCUT2D eigenvalue weighted by Gasteiger charge is 2.28. The number of amides is 2. The molecule has 0 radical (unpaired) electrons. The third kappa shape index (κ3) is 6.20. The number of nitrogens with zero attached hydrogens (tertiary/aromatic N) is 1. The highest BCUT2D eigenvalue weighted by atomic mass is 35.5. The molecule has 0 aliphatic carbocycles. The number of nitrogens with one attached hydrogen (secondary N) is 3. The first-order valence-corrected chi connectivity index (χ1v) is 8.42. The summed E-state index contributed by atoms with van der Waals surface area (Å²) < 4.78 is 0. The fourth-order valence-electron chi connectivity index (χ4n) is 2.64. The molecule has 2 aromatic rings. The summed E-state index contributed by atoms with van der Waals surface area (Å²) in [7, 11) is 0. The Balaban J connectivity index is 0.00000182. The fourth-order valence-corrected chi connectivity index (χ4v) is 2.64. The van der Waals surface area contributed by atoms with Crippen molar-refractivity contribution in [2.24, 2.45) is 11.8 Å². The first-order valence-electron chi connectivity index (χ1n) is 8.42. The lowest BCUT2D eigenvalue weighted by molar-refractivity contribution is -0.126. The lowest BCUT2D eigenvalue weighted by Gasteiger charge is -2.31. The minimum absolute atomic E-state index is 0. The monoisotopic (exact) mass is 410 g/mol. The number of pyridine rings is 1. The normalized spacial score (nSPS) is 14.0. The molecular formula is C19H24Cl2N4O2. The Kier molecular flexibility index (Phi) is 9.21. The minimum Gasteiger partial charge on any atom is -0.352 e. The van der Waals surface area contributed by atoms with Gasteiger partial charge < -0.3 is 16.0 Å². The van der Waals surface area contributed by atoms with E-state index < -0.39 is 0 Å². The number of hydrogen-bond donors (Lipinski definition) is 3. The van der Waals surface area contributed by atoms with Crippen molar-refractivity contribution in [2.45, 2.75) is 13.5 Å². The third-order valence-corrected chi connectivity index (χ3v) is 4.55. The van der Waals surface area contributed by atoms with Gasteiger partial charge >= 0.3 is 0 Å². The summed E-state index contributed by atoms with van der Waals surface area (Å²) in [4.78, 5) is 28.2. The van der Waals surface area contributed by atoms with Gasteiger partial charge in [-0.1, -0.05) is 19.1 Å². The number of rotatable bonds is 6. The molecule has 1 saturated heterocycles. The summed E-state index contributed by atoms with van der Waals surface area (Å²) in [5.41, 5.74) is 2.24. The van der Waals surface area contributed by atoms with E-state index in [0.29, 0.717) is 23.7 Å². The minimum atomic E-state index is -0.173. The number of carbonyl (C=O) groups excluding carboxylic acids is 2. The van der Waals surface area contributed by atoms with Crippen molar-refractivity contribution >= 4 is 42.3 Å². The van der Waals surface area contributed by atoms with Crippen molar-refractivity contribution in [3.8, 4) is 0 Å². The molecule has 1 aliphatic rings. The van der Waals surface area contributed by atoms with Crippen LogP contribution < -0.4 is 16.0 Å². The second kappa shape index (κ2) is 10.9. The quantitative estimate of drug-likeness (QED) is 0.683. The van der Waals surface area contributed by atoms with E-state index in [0.717, 1.165) is 18.7 Å². The molecule has 1 atom stereocenters. The second-order valence-corrected chi connectivity index (χ2v) is 6.31. The van der Waals surface area contributed by atoms with E-state index in [1.54, 1.807) is 36.7 Å². The largest absolute Gasteiger partial charge is 0.352 e. The van der Waals surface area contributed by atoms with E-state index in [1.165, 1.54) is 0 Å². The molecule has 2 amide bonds. The smallest absolute Gasteiger partial charge is 0.255 e. The number of halogens is 2. The number of hydrogen-bond acceptors (Lipinski definition) is 4. The van der Waals surface area contributed by atoms with Crippen LogP contribution in [0.1, 0.15) is 22.8 Å². The van der Waals surface area contributed by atoms with Gasteiger partial charge in [-0.2, -0.15) is 0 Å². The zero-order valence-corrected chi connectivity index (χ0v) is 16.6. The SMILES string of the molecule is CC(C(=O)NCc1ccc(C(=O)Nc2ccncc2)cc1)C1CNC1.Cl.Cl. The van der Waals surface area contributed by atoms with Crippen LogP contribution in [0.25, 0.3) is 0 Å². The molecule has 27 heavy (non-hydrogen) atoms. The first-order chi connectivity index (χ1) is 12.1. The summed E-state index contributed by atoms with van der Waals surface area (Å²) in [6.07, 6.45) is 3.25. The van der Waals surface area contributed by atoms with Crippen molar-refractivity contribution in [3.05, 3.63) is 59.9 Å². The molecule has 146 valence electrons. The predicted molar refractivity (Wildman–Crippen MR) is 110 cm³/mol. The van der Waals surface area contributed by atoms with Crippen LogP contribution in [0.5, 0.6) is 0 Å². The van der Waals surface area contributed by atoms with Crippen LogP contribution in [-0.4, -0.2) is 29.9 Å². The van der Waals surface area contributed by atoms with Gasteiger partial charge in [0.25, 0.3) is 5.91 Å². The predicted octanol–water partition coefficient (Wildman–Crippen LogP) is 2.65. The second-order valence-electron chi connectivity index (χ2n) is 6.31. The molecular weight excluding hydrogens is 387 g/mol. The van der Waals surface area contributed by atoms with Gasteiger partial charge in [0.2, 0.25) is 5.91 Å². The van der Waals surface area contributed by atoms with Crippen molar-refractivity contribution in [2.75, 3.05) is 18.4 Å². The van der Waals surface area contributed by atoms with Crippen LogP contribution in [-0.2, 0) is 11.3 Å². The molecule has 3 N–H and O–H groups in total. The van der Waals surface area contributed by atoms with E-state index in [-0.39, 0.29) is 42.5 Å². The molecule has 0 spiro atoms. The van der Waals surface area contributed by atoms with Gasteiger partial charge in [-0.15, -0.1) is 24.8 Å². The molecule has 3 rings (SSSR count). The topological polar surface area (TPSA) is 83.1 Å². The van der Waals surface area contributed by atoms with Crippen molar-refractivity contribution in [1.82, 2.24) is 15.6 Å². The van der Waals surface area contributed by atoms with Gasteiger partial charge in [0.05, 0.1) is 0 Å². The molecule has 6 nitrogen and oxygen atoms in total. The maximum atomic E-state index is 12.2. The summed E-state index contributed by atoms with van der Waals surface area (Å²) in [6, 6.07) is 10.7. The standard InChI is InChI=1S/C19H22N4O2.2ClH/c1-13(16-11-21-12-16)18(24)22-10-14-2-4-15(5-3-14)19(25)23-17-6-8-20-9-7-17;;/h2-9,13,16,21H,10-12H2,1H3,(H,22,24)(H,20,23,25);2*1H. The molecule has 1 aliphatic heterocycles. The van der Waals surface area contributed by atoms with E-state index >= 15 is 0 Å². The van der Waals surface area contributed by atoms with Crippen molar-refractivity contribution < 1.29 is 9.59 Å². The molecule has 0 bridgehead atoms. The highest BCUT2D eigenvalue weighted by molar-refractivity contribution is 6.04. The van der Waals surface area contributed by atoms with Crippen molar-refractivity contribution in [3.63, 3.8) is 0 Å². The Hall–Kier alpha value is -2.15. The average Bonchev–Trinajstić information content (AvgIpc) is 2.59. The molecule has 1 fully saturated rings. The molecule has 0 saturated carbocycles. The summed E-state index contributed by atoms with van der Waals surface area (Å²) in [5, 5.41) is 8.96. The van der Waals surface area contributed by atoms with Crippen LogP contribution >= 0.6 is 24.8 Å². The van der Waals surface area contributed by atoms with Crippen LogP contribution in [0, 0.1) is 11.8 Å². The maximum absolute atomic E-state index is 12.2. The Labute approximate surface area is 171 Å². The molecule has 8 heteroatoms. The molecule has 2 heterocycles. The Morgan fingerprint density at radius 3 is 2.30 bits per heavy atom. The number of carbonyl (C=O) groups is 2. The van der Waals surface area contributed by atoms with E-state index in [1.807, 2.05) is 19.1 Å². The van der Waals surface area contributed by atoms with Crippen LogP contribution in [0.3, 0.4) is 0 Å². The zero-order chi connectivity index (χ0) is 17.6. The first kappa shape index (κ1) is 22.9. The van der Waals surface area contributed by atoms with Crippen molar-refractivity contribution in [1.29, 1.82) is 0 Å². The van der Waals surface area contributed by atoms with Gasteiger partial charge in [-0.05, 0) is 48.8 Å². The van der Waals surface area contributed by atoms with Crippen LogP contribution in [0.4, 0.5) is 5.69 Å². The highest BCUT2D eigenvalue weighted by Crippen LogP contribution is 2.16.